The molecule has 0 amide bonds. The van der Waals surface area contributed by atoms with Crippen molar-refractivity contribution in [2.75, 3.05) is 6.61 Å². The molecule has 3 unspecified atom stereocenters. The van der Waals surface area contributed by atoms with Crippen LogP contribution >= 0.6 is 0 Å². The molecule has 11 heavy (non-hydrogen) atoms. The van der Waals surface area contributed by atoms with Gasteiger partial charge in [0.05, 0.1) is 24.9 Å². The van der Waals surface area contributed by atoms with Crippen molar-refractivity contribution in [3.8, 4) is 0 Å². The Morgan fingerprint density at radius 3 is 3.00 bits per heavy atom. The predicted molar refractivity (Wildman–Crippen MR) is 40.4 cm³/mol. The largest absolute Gasteiger partial charge is 0.373 e. The van der Waals surface area contributed by atoms with Crippen LogP contribution in [0.1, 0.15) is 25.7 Å². The average Bonchev–Trinajstić information content (AvgIpc) is 2.80. The zero-order valence-corrected chi connectivity index (χ0v) is 6.66. The number of hydrogen-bond acceptors (Lipinski definition) is 2. The molecule has 1 saturated carbocycles. The van der Waals surface area contributed by atoms with Crippen molar-refractivity contribution < 1.29 is 9.47 Å². The summed E-state index contributed by atoms with van der Waals surface area (Å²) < 4.78 is 10.8. The third-order valence-corrected chi connectivity index (χ3v) is 3.12. The molecule has 0 aromatic heterocycles. The molecule has 1 aliphatic carbocycles. The van der Waals surface area contributed by atoms with Crippen LogP contribution in [-0.2, 0) is 9.47 Å². The van der Waals surface area contributed by atoms with E-state index < -0.39 is 0 Å². The van der Waals surface area contributed by atoms with Gasteiger partial charge in [0, 0.05) is 0 Å². The van der Waals surface area contributed by atoms with Gasteiger partial charge in [0.25, 0.3) is 0 Å². The molecule has 0 spiro atoms. The summed E-state index contributed by atoms with van der Waals surface area (Å²) in [7, 11) is 0. The number of hydrogen-bond donors (Lipinski definition) is 0. The molecule has 2 saturated heterocycles. The molecule has 2 heteroatoms. The summed E-state index contributed by atoms with van der Waals surface area (Å²) in [6.07, 6.45) is 7.20. The zero-order chi connectivity index (χ0) is 7.26. The van der Waals surface area contributed by atoms with Gasteiger partial charge in [-0.05, 0) is 25.2 Å². The molecule has 0 aromatic carbocycles. The lowest BCUT2D eigenvalue weighted by atomic mass is 9.86. The maximum absolute atomic E-state index is 5.56. The number of rotatable bonds is 2. The van der Waals surface area contributed by atoms with E-state index in [2.05, 4.69) is 0 Å². The molecule has 3 fully saturated rings. The molecule has 0 N–H and O–H groups in total. The maximum atomic E-state index is 5.56. The molecular formula is C9H14O2. The normalized spacial score (nSPS) is 53.5. The quantitative estimate of drug-likeness (QED) is 0.561. The number of fused-ring (bicyclic) bond motifs is 1. The minimum Gasteiger partial charge on any atom is -0.373 e. The van der Waals surface area contributed by atoms with Gasteiger partial charge >= 0.3 is 0 Å². The van der Waals surface area contributed by atoms with E-state index in [0.717, 1.165) is 12.5 Å². The number of ether oxygens (including phenoxy) is 2. The van der Waals surface area contributed by atoms with Crippen LogP contribution in [-0.4, -0.2) is 24.9 Å². The fourth-order valence-electron chi connectivity index (χ4n) is 2.34. The van der Waals surface area contributed by atoms with Crippen molar-refractivity contribution >= 4 is 0 Å². The lowest BCUT2D eigenvalue weighted by molar-refractivity contribution is 0.278. The topological polar surface area (TPSA) is 25.1 Å². The Morgan fingerprint density at radius 1 is 1.27 bits per heavy atom. The Balaban J connectivity index is 1.58. The molecule has 3 rings (SSSR count). The highest BCUT2D eigenvalue weighted by molar-refractivity contribution is 4.96. The number of epoxide rings is 2. The Kier molecular flexibility index (Phi) is 1.29. The highest BCUT2D eigenvalue weighted by atomic mass is 16.6. The second-order valence-corrected chi connectivity index (χ2v) is 4.02. The minimum atomic E-state index is 0.600. The van der Waals surface area contributed by atoms with Gasteiger partial charge in [0.1, 0.15) is 0 Å². The molecule has 0 bridgehead atoms. The van der Waals surface area contributed by atoms with Gasteiger partial charge in [-0.3, -0.25) is 0 Å². The van der Waals surface area contributed by atoms with Crippen molar-refractivity contribution in [2.45, 2.75) is 44.0 Å². The fraction of sp³-hybridized carbons (Fsp3) is 1.00. The highest BCUT2D eigenvalue weighted by Crippen LogP contribution is 2.43. The lowest BCUT2D eigenvalue weighted by Gasteiger charge is -2.16. The molecule has 0 radical (unpaired) electrons. The summed E-state index contributed by atoms with van der Waals surface area (Å²) in [5.41, 5.74) is 0. The van der Waals surface area contributed by atoms with Gasteiger partial charge in [-0.2, -0.15) is 0 Å². The molecule has 2 heterocycles. The van der Waals surface area contributed by atoms with Crippen molar-refractivity contribution in [3.63, 3.8) is 0 Å². The first-order valence-corrected chi connectivity index (χ1v) is 4.70. The molecule has 0 aromatic rings. The first-order valence-electron chi connectivity index (χ1n) is 4.70. The van der Waals surface area contributed by atoms with Crippen LogP contribution in [0, 0.1) is 5.92 Å². The molecule has 4 atom stereocenters. The summed E-state index contributed by atoms with van der Waals surface area (Å²) in [5.74, 6) is 0.834. The van der Waals surface area contributed by atoms with E-state index in [1.807, 2.05) is 0 Å². The van der Waals surface area contributed by atoms with Crippen molar-refractivity contribution in [2.24, 2.45) is 5.92 Å². The van der Waals surface area contributed by atoms with Crippen LogP contribution in [0.25, 0.3) is 0 Å². The Labute approximate surface area is 66.9 Å². The molecule has 62 valence electrons. The van der Waals surface area contributed by atoms with Crippen molar-refractivity contribution in [3.05, 3.63) is 0 Å². The smallest absolute Gasteiger partial charge is 0.0870 e. The Hall–Kier alpha value is -0.0800. The van der Waals surface area contributed by atoms with Gasteiger partial charge in [-0.15, -0.1) is 0 Å². The lowest BCUT2D eigenvalue weighted by Crippen LogP contribution is -2.17. The zero-order valence-electron chi connectivity index (χ0n) is 6.66. The summed E-state index contributed by atoms with van der Waals surface area (Å²) in [6, 6.07) is 0. The van der Waals surface area contributed by atoms with E-state index in [9.17, 15) is 0 Å². The second-order valence-electron chi connectivity index (χ2n) is 4.02. The van der Waals surface area contributed by atoms with Crippen LogP contribution in [0.5, 0.6) is 0 Å². The first kappa shape index (κ1) is 6.44. The SMILES string of the molecule is C1CC(C[C@H]2CO2)C2OC2C1. The van der Waals surface area contributed by atoms with E-state index in [-0.39, 0.29) is 0 Å². The Morgan fingerprint density at radius 2 is 2.18 bits per heavy atom. The molecule has 2 aliphatic heterocycles. The third kappa shape index (κ3) is 1.18. The van der Waals surface area contributed by atoms with Crippen LogP contribution in [0.15, 0.2) is 0 Å². The predicted octanol–water partition coefficient (Wildman–Crippen LogP) is 1.34. The molecular weight excluding hydrogens is 140 g/mol. The summed E-state index contributed by atoms with van der Waals surface area (Å²) >= 11 is 0. The van der Waals surface area contributed by atoms with E-state index in [1.54, 1.807) is 0 Å². The van der Waals surface area contributed by atoms with Crippen LogP contribution in [0.3, 0.4) is 0 Å². The average molecular weight is 154 g/mol. The van der Waals surface area contributed by atoms with Crippen LogP contribution < -0.4 is 0 Å². The van der Waals surface area contributed by atoms with E-state index >= 15 is 0 Å². The Bertz CT molecular complexity index is 165. The first-order chi connectivity index (χ1) is 5.43. The monoisotopic (exact) mass is 154 g/mol. The van der Waals surface area contributed by atoms with E-state index in [0.29, 0.717) is 18.3 Å². The van der Waals surface area contributed by atoms with E-state index in [4.69, 9.17) is 9.47 Å². The standard InChI is InChI=1S/C9H14O2/c1-2-6(4-7-5-10-7)9-8(3-1)11-9/h6-9H,1-5H2/t6?,7-,8?,9?/m0/s1. The van der Waals surface area contributed by atoms with Gasteiger partial charge in [-0.25, -0.2) is 0 Å². The van der Waals surface area contributed by atoms with Gasteiger partial charge in [0.2, 0.25) is 0 Å². The summed E-state index contributed by atoms with van der Waals surface area (Å²) in [5, 5.41) is 0. The van der Waals surface area contributed by atoms with Gasteiger partial charge < -0.3 is 9.47 Å². The van der Waals surface area contributed by atoms with Gasteiger partial charge in [-0.1, -0.05) is 6.42 Å². The third-order valence-electron chi connectivity index (χ3n) is 3.12. The van der Waals surface area contributed by atoms with Gasteiger partial charge in [0.15, 0.2) is 0 Å². The summed E-state index contributed by atoms with van der Waals surface area (Å²) in [6.45, 7) is 1.01. The maximum Gasteiger partial charge on any atom is 0.0870 e. The van der Waals surface area contributed by atoms with Crippen LogP contribution in [0.4, 0.5) is 0 Å². The highest BCUT2D eigenvalue weighted by Gasteiger charge is 2.48. The van der Waals surface area contributed by atoms with Crippen LogP contribution in [0.2, 0.25) is 0 Å². The minimum absolute atomic E-state index is 0.600. The van der Waals surface area contributed by atoms with Crippen molar-refractivity contribution in [1.29, 1.82) is 0 Å². The van der Waals surface area contributed by atoms with E-state index in [1.165, 1.54) is 25.7 Å². The summed E-state index contributed by atoms with van der Waals surface area (Å²) in [4.78, 5) is 0. The molecule has 2 nitrogen and oxygen atoms in total. The molecule has 3 aliphatic rings. The second kappa shape index (κ2) is 2.20. The fourth-order valence-corrected chi connectivity index (χ4v) is 2.34. The van der Waals surface area contributed by atoms with Crippen molar-refractivity contribution in [1.82, 2.24) is 0 Å².